The molecule has 3 heterocycles. The highest BCUT2D eigenvalue weighted by Crippen LogP contribution is 2.32. The first-order valence-corrected chi connectivity index (χ1v) is 12.5. The number of rotatable bonds is 4. The molecule has 37 heavy (non-hydrogen) atoms. The van der Waals surface area contributed by atoms with Crippen LogP contribution in [0.3, 0.4) is 0 Å². The van der Waals surface area contributed by atoms with E-state index in [1.54, 1.807) is 4.57 Å². The second-order valence-corrected chi connectivity index (χ2v) is 9.90. The van der Waals surface area contributed by atoms with Crippen LogP contribution in [0.1, 0.15) is 62.0 Å². The minimum absolute atomic E-state index is 0.0630. The summed E-state index contributed by atoms with van der Waals surface area (Å²) >= 11 is 0. The molecule has 1 atom stereocenters. The van der Waals surface area contributed by atoms with Crippen molar-refractivity contribution in [2.24, 2.45) is 0 Å². The van der Waals surface area contributed by atoms with Crippen molar-refractivity contribution in [2.45, 2.75) is 83.0 Å². The molecule has 9 nitrogen and oxygen atoms in total. The highest BCUT2D eigenvalue weighted by atomic mass is 19.4. The summed E-state index contributed by atoms with van der Waals surface area (Å²) < 4.78 is 41.0. The van der Waals surface area contributed by atoms with Crippen LogP contribution >= 0.6 is 0 Å². The Kier molecular flexibility index (Phi) is 7.88. The number of ether oxygens (including phenoxy) is 1. The average Bonchev–Trinajstić information content (AvgIpc) is 3.53. The first-order chi connectivity index (χ1) is 17.5. The Bertz CT molecular complexity index is 1230. The van der Waals surface area contributed by atoms with Crippen molar-refractivity contribution >= 4 is 5.97 Å². The van der Waals surface area contributed by atoms with Gasteiger partial charge >= 0.3 is 23.3 Å². The monoisotopic (exact) mass is 524 g/mol. The zero-order chi connectivity index (χ0) is 26.8. The van der Waals surface area contributed by atoms with Gasteiger partial charge in [0.25, 0.3) is 0 Å². The molecule has 1 spiro atoms. The number of benzene rings is 1. The van der Waals surface area contributed by atoms with Crippen molar-refractivity contribution < 1.29 is 27.8 Å². The van der Waals surface area contributed by atoms with Gasteiger partial charge in [-0.15, -0.1) is 0 Å². The van der Waals surface area contributed by atoms with E-state index in [0.717, 1.165) is 58.2 Å². The smallest absolute Gasteiger partial charge is 0.475 e. The SMILES string of the molecule is CCc1ccc(CN2CCC3(C2)Cn2c(nn(C4CCCC4)c(=O)c2=O)CO3)cc1.O=C(O)C(F)(F)F. The van der Waals surface area contributed by atoms with Crippen molar-refractivity contribution in [2.75, 3.05) is 13.1 Å². The summed E-state index contributed by atoms with van der Waals surface area (Å²) in [4.78, 5) is 36.9. The molecule has 1 saturated carbocycles. The van der Waals surface area contributed by atoms with Gasteiger partial charge in [-0.3, -0.25) is 19.1 Å². The Morgan fingerprint density at radius 2 is 1.73 bits per heavy atom. The van der Waals surface area contributed by atoms with Gasteiger partial charge in [-0.05, 0) is 36.8 Å². The van der Waals surface area contributed by atoms with Gasteiger partial charge in [-0.25, -0.2) is 9.48 Å². The molecule has 1 saturated heterocycles. The van der Waals surface area contributed by atoms with Gasteiger partial charge in [0.05, 0.1) is 12.6 Å². The highest BCUT2D eigenvalue weighted by Gasteiger charge is 2.43. The first kappa shape index (κ1) is 27.1. The third kappa shape index (κ3) is 6.12. The number of aryl methyl sites for hydroxylation is 1. The molecule has 2 fully saturated rings. The number of likely N-dealkylation sites (tertiary alicyclic amines) is 1. The van der Waals surface area contributed by atoms with Crippen molar-refractivity contribution in [3.05, 3.63) is 61.9 Å². The number of aliphatic carboxylic acids is 1. The van der Waals surface area contributed by atoms with Gasteiger partial charge in [0, 0.05) is 19.6 Å². The van der Waals surface area contributed by atoms with Gasteiger partial charge < -0.3 is 9.84 Å². The second kappa shape index (κ2) is 10.8. The molecule has 1 unspecified atom stereocenters. The molecule has 12 heteroatoms. The van der Waals surface area contributed by atoms with Crippen LogP contribution in [0, 0.1) is 0 Å². The van der Waals surface area contributed by atoms with E-state index in [-0.39, 0.29) is 6.04 Å². The Balaban J connectivity index is 0.000000405. The van der Waals surface area contributed by atoms with Gasteiger partial charge in [0.1, 0.15) is 12.2 Å². The molecule has 1 aromatic heterocycles. The topological polar surface area (TPSA) is 107 Å². The quantitative estimate of drug-likeness (QED) is 0.613. The van der Waals surface area contributed by atoms with Crippen LogP contribution in [-0.4, -0.2) is 55.2 Å². The second-order valence-electron chi connectivity index (χ2n) is 9.90. The molecule has 0 amide bonds. The van der Waals surface area contributed by atoms with Crippen molar-refractivity contribution in [1.82, 2.24) is 19.2 Å². The number of carbonyl (C=O) groups is 1. The molecule has 3 aliphatic rings. The number of alkyl halides is 3. The van der Waals surface area contributed by atoms with Gasteiger partial charge in [0.15, 0.2) is 5.82 Å². The highest BCUT2D eigenvalue weighted by molar-refractivity contribution is 5.73. The summed E-state index contributed by atoms with van der Waals surface area (Å²) in [7, 11) is 0. The lowest BCUT2D eigenvalue weighted by Gasteiger charge is -2.35. The van der Waals surface area contributed by atoms with E-state index in [1.807, 2.05) is 0 Å². The molecule has 1 aliphatic carbocycles. The van der Waals surface area contributed by atoms with Crippen LogP contribution in [-0.2, 0) is 35.6 Å². The predicted molar refractivity (Wildman–Crippen MR) is 127 cm³/mol. The minimum atomic E-state index is -5.08. The lowest BCUT2D eigenvalue weighted by atomic mass is 10.0. The molecule has 2 aliphatic heterocycles. The van der Waals surface area contributed by atoms with E-state index in [1.165, 1.54) is 15.8 Å². The number of hydrogen-bond donors (Lipinski definition) is 1. The maximum atomic E-state index is 12.9. The van der Waals surface area contributed by atoms with Crippen LogP contribution in [0.15, 0.2) is 33.9 Å². The summed E-state index contributed by atoms with van der Waals surface area (Å²) in [6, 6.07) is 8.83. The summed E-state index contributed by atoms with van der Waals surface area (Å²) in [6.07, 6.45) is 0.856. The summed E-state index contributed by atoms with van der Waals surface area (Å²) in [6.45, 7) is 5.43. The third-order valence-electron chi connectivity index (χ3n) is 7.27. The summed E-state index contributed by atoms with van der Waals surface area (Å²) in [5.74, 6) is -2.17. The number of carboxylic acids is 1. The minimum Gasteiger partial charge on any atom is -0.475 e. The zero-order valence-electron chi connectivity index (χ0n) is 20.7. The van der Waals surface area contributed by atoms with E-state index in [2.05, 4.69) is 41.2 Å². The molecule has 5 rings (SSSR count). The van der Waals surface area contributed by atoms with E-state index in [4.69, 9.17) is 14.6 Å². The summed E-state index contributed by atoms with van der Waals surface area (Å²) in [5, 5.41) is 11.7. The largest absolute Gasteiger partial charge is 0.490 e. The van der Waals surface area contributed by atoms with Crippen LogP contribution in [0.5, 0.6) is 0 Å². The normalized spacial score (nSPS) is 22.1. The molecule has 0 bridgehead atoms. The third-order valence-corrected chi connectivity index (χ3v) is 7.27. The van der Waals surface area contributed by atoms with Crippen LogP contribution < -0.4 is 11.1 Å². The fraction of sp³-hybridized carbons (Fsp3) is 0.600. The lowest BCUT2D eigenvalue weighted by Crippen LogP contribution is -2.53. The van der Waals surface area contributed by atoms with E-state index < -0.39 is 28.9 Å². The molecule has 1 aromatic carbocycles. The van der Waals surface area contributed by atoms with Crippen LogP contribution in [0.25, 0.3) is 0 Å². The maximum Gasteiger partial charge on any atom is 0.490 e. The number of hydrogen-bond acceptors (Lipinski definition) is 6. The Labute approximate surface area is 211 Å². The number of halogens is 3. The first-order valence-electron chi connectivity index (χ1n) is 12.5. The number of fused-ring (bicyclic) bond motifs is 1. The molecule has 2 aromatic rings. The molecular weight excluding hydrogens is 493 g/mol. The van der Waals surface area contributed by atoms with Crippen LogP contribution in [0.2, 0.25) is 0 Å². The van der Waals surface area contributed by atoms with E-state index in [0.29, 0.717) is 19.0 Å². The van der Waals surface area contributed by atoms with E-state index >= 15 is 0 Å². The standard InChI is InChI=1S/C23H30N4O3.C2HF3O2/c1-2-17-7-9-18(10-8-17)13-25-12-11-23(15-25)16-26-20(14-30-23)24-27(22(29)21(26)28)19-5-3-4-6-19;3-2(4,5)1(6)7/h7-10,19H,2-6,11-16H2,1H3;(H,6,7). The van der Waals surface area contributed by atoms with Crippen molar-refractivity contribution in [3.63, 3.8) is 0 Å². The summed E-state index contributed by atoms with van der Waals surface area (Å²) in [5.41, 5.74) is 1.31. The number of carboxylic acid groups (broad SMARTS) is 1. The molecule has 202 valence electrons. The molecule has 0 radical (unpaired) electrons. The van der Waals surface area contributed by atoms with Crippen molar-refractivity contribution in [3.8, 4) is 0 Å². The van der Waals surface area contributed by atoms with Gasteiger partial charge in [0.2, 0.25) is 0 Å². The lowest BCUT2D eigenvalue weighted by molar-refractivity contribution is -0.192. The molecule has 1 N–H and O–H groups in total. The maximum absolute atomic E-state index is 12.9. The fourth-order valence-electron chi connectivity index (χ4n) is 5.22. The van der Waals surface area contributed by atoms with Gasteiger partial charge in [-0.2, -0.15) is 18.3 Å². The van der Waals surface area contributed by atoms with Crippen LogP contribution in [0.4, 0.5) is 13.2 Å². The Morgan fingerprint density at radius 3 is 2.32 bits per heavy atom. The number of aromatic nitrogens is 3. The molecular formula is C25H31F3N4O5. The zero-order valence-corrected chi connectivity index (χ0v) is 20.7. The Morgan fingerprint density at radius 1 is 1.11 bits per heavy atom. The predicted octanol–water partition coefficient (Wildman–Crippen LogP) is 2.89. The Hall–Kier alpha value is -2.99. The average molecular weight is 525 g/mol. The van der Waals surface area contributed by atoms with Crippen molar-refractivity contribution in [1.29, 1.82) is 0 Å². The fourth-order valence-corrected chi connectivity index (χ4v) is 5.22. The number of nitrogens with zero attached hydrogens (tertiary/aromatic N) is 4. The van der Waals surface area contributed by atoms with Gasteiger partial charge in [-0.1, -0.05) is 44.0 Å². The van der Waals surface area contributed by atoms with E-state index in [9.17, 15) is 22.8 Å².